The Bertz CT molecular complexity index is 1090. The SMILES string of the molecule is c1ccc2c(CC(Nc3ccsc3-c3ccn[nH]3)=C3CCC3)cccc2c1. The fraction of sp³-hybridized carbons (Fsp3) is 0.174. The molecule has 1 saturated carbocycles. The molecule has 4 heteroatoms. The van der Waals surface area contributed by atoms with Crippen molar-refractivity contribution in [1.82, 2.24) is 10.2 Å². The van der Waals surface area contributed by atoms with Crippen LogP contribution in [0, 0.1) is 0 Å². The van der Waals surface area contributed by atoms with Crippen LogP contribution < -0.4 is 5.32 Å². The number of fused-ring (bicyclic) bond motifs is 1. The third kappa shape index (κ3) is 3.17. The monoisotopic (exact) mass is 371 g/mol. The number of aromatic nitrogens is 2. The van der Waals surface area contributed by atoms with E-state index in [4.69, 9.17) is 0 Å². The summed E-state index contributed by atoms with van der Waals surface area (Å²) in [6.45, 7) is 0. The average Bonchev–Trinajstić information content (AvgIpc) is 3.32. The lowest BCUT2D eigenvalue weighted by atomic mass is 9.88. The Morgan fingerprint density at radius 2 is 1.93 bits per heavy atom. The number of H-pyrrole nitrogens is 1. The minimum absolute atomic E-state index is 0.939. The molecule has 0 radical (unpaired) electrons. The predicted octanol–water partition coefficient (Wildman–Crippen LogP) is 6.38. The Kier molecular flexibility index (Phi) is 4.26. The molecule has 0 unspecified atom stereocenters. The van der Waals surface area contributed by atoms with Crippen molar-refractivity contribution in [2.75, 3.05) is 5.32 Å². The summed E-state index contributed by atoms with van der Waals surface area (Å²) in [5.41, 5.74) is 6.53. The molecule has 2 aromatic carbocycles. The zero-order valence-electron chi connectivity index (χ0n) is 15.0. The van der Waals surface area contributed by atoms with Gasteiger partial charge < -0.3 is 5.32 Å². The lowest BCUT2D eigenvalue weighted by Crippen LogP contribution is -2.12. The number of nitrogens with one attached hydrogen (secondary N) is 2. The van der Waals surface area contributed by atoms with Crippen LogP contribution >= 0.6 is 11.3 Å². The Hall–Kier alpha value is -2.85. The highest BCUT2D eigenvalue weighted by Gasteiger charge is 2.18. The van der Waals surface area contributed by atoms with Gasteiger partial charge in [-0.05, 0) is 53.1 Å². The number of nitrogens with zero attached hydrogens (tertiary/aromatic N) is 1. The summed E-state index contributed by atoms with van der Waals surface area (Å²) >= 11 is 1.74. The van der Waals surface area contributed by atoms with Gasteiger partial charge in [0.25, 0.3) is 0 Å². The third-order valence-corrected chi connectivity index (χ3v) is 6.27. The molecule has 5 rings (SSSR count). The fourth-order valence-corrected chi connectivity index (χ4v) is 4.54. The molecule has 0 spiro atoms. The van der Waals surface area contributed by atoms with Crippen LogP contribution in [-0.2, 0) is 6.42 Å². The smallest absolute Gasteiger partial charge is 0.0771 e. The summed E-state index contributed by atoms with van der Waals surface area (Å²) in [7, 11) is 0. The van der Waals surface area contributed by atoms with E-state index < -0.39 is 0 Å². The molecule has 1 aliphatic carbocycles. The van der Waals surface area contributed by atoms with E-state index in [0.717, 1.165) is 12.1 Å². The topological polar surface area (TPSA) is 40.7 Å². The summed E-state index contributed by atoms with van der Waals surface area (Å²) in [5.74, 6) is 0. The summed E-state index contributed by atoms with van der Waals surface area (Å²) in [4.78, 5) is 1.21. The van der Waals surface area contributed by atoms with Gasteiger partial charge >= 0.3 is 0 Å². The van der Waals surface area contributed by atoms with E-state index in [-0.39, 0.29) is 0 Å². The van der Waals surface area contributed by atoms with Gasteiger partial charge in [-0.25, -0.2) is 0 Å². The molecule has 4 aromatic rings. The van der Waals surface area contributed by atoms with Crippen molar-refractivity contribution in [3.63, 3.8) is 0 Å². The molecule has 27 heavy (non-hydrogen) atoms. The summed E-state index contributed by atoms with van der Waals surface area (Å²) < 4.78 is 0. The number of rotatable bonds is 5. The molecule has 2 aromatic heterocycles. The van der Waals surface area contributed by atoms with Gasteiger partial charge in [-0.2, -0.15) is 5.10 Å². The highest BCUT2D eigenvalue weighted by atomic mass is 32.1. The van der Waals surface area contributed by atoms with Gasteiger partial charge in [0.2, 0.25) is 0 Å². The van der Waals surface area contributed by atoms with Crippen LogP contribution in [0.2, 0.25) is 0 Å². The van der Waals surface area contributed by atoms with Crippen molar-refractivity contribution in [3.05, 3.63) is 83.0 Å². The van der Waals surface area contributed by atoms with Crippen LogP contribution in [0.25, 0.3) is 21.3 Å². The van der Waals surface area contributed by atoms with E-state index >= 15 is 0 Å². The molecule has 1 fully saturated rings. The zero-order valence-corrected chi connectivity index (χ0v) is 15.9. The van der Waals surface area contributed by atoms with Gasteiger partial charge in [0.05, 0.1) is 16.3 Å². The van der Waals surface area contributed by atoms with Crippen LogP contribution in [-0.4, -0.2) is 10.2 Å². The number of allylic oxidation sites excluding steroid dienone is 2. The third-order valence-electron chi connectivity index (χ3n) is 5.33. The van der Waals surface area contributed by atoms with Gasteiger partial charge in [0.1, 0.15) is 0 Å². The van der Waals surface area contributed by atoms with Crippen molar-refractivity contribution in [2.45, 2.75) is 25.7 Å². The minimum Gasteiger partial charge on any atom is -0.357 e. The van der Waals surface area contributed by atoms with E-state index in [0.29, 0.717) is 0 Å². The number of hydrogen-bond acceptors (Lipinski definition) is 3. The Labute approximate surface area is 162 Å². The lowest BCUT2D eigenvalue weighted by Gasteiger charge is -2.24. The number of anilines is 1. The van der Waals surface area contributed by atoms with Crippen molar-refractivity contribution < 1.29 is 0 Å². The molecule has 0 atom stereocenters. The average molecular weight is 372 g/mol. The molecule has 2 heterocycles. The standard InChI is InChI=1S/C23H21N3S/c1-2-10-19-16(5-1)6-3-9-18(19)15-22(17-7-4-8-17)25-20-12-14-27-23(20)21-11-13-24-26-21/h1-3,5-6,9-14,25H,4,7-8,15H2,(H,24,26). The molecule has 2 N–H and O–H groups in total. The molecule has 0 amide bonds. The number of thiophene rings is 1. The molecule has 0 bridgehead atoms. The van der Waals surface area contributed by atoms with E-state index in [1.807, 2.05) is 6.07 Å². The van der Waals surface area contributed by atoms with Crippen LogP contribution in [0.15, 0.2) is 77.4 Å². The van der Waals surface area contributed by atoms with E-state index in [1.54, 1.807) is 23.1 Å². The number of benzene rings is 2. The van der Waals surface area contributed by atoms with Crippen molar-refractivity contribution in [2.24, 2.45) is 0 Å². The van der Waals surface area contributed by atoms with Crippen molar-refractivity contribution >= 4 is 27.8 Å². The van der Waals surface area contributed by atoms with Crippen LogP contribution in [0.5, 0.6) is 0 Å². The van der Waals surface area contributed by atoms with Gasteiger partial charge in [-0.1, -0.05) is 48.0 Å². The lowest BCUT2D eigenvalue weighted by molar-refractivity contribution is 0.648. The second-order valence-electron chi connectivity index (χ2n) is 7.01. The normalized spacial score (nSPS) is 13.6. The second kappa shape index (κ2) is 7.05. The van der Waals surface area contributed by atoms with E-state index in [2.05, 4.69) is 69.4 Å². The molecular formula is C23H21N3S. The second-order valence-corrected chi connectivity index (χ2v) is 7.93. The molecule has 134 valence electrons. The number of aromatic amines is 1. The predicted molar refractivity (Wildman–Crippen MR) is 114 cm³/mol. The maximum atomic E-state index is 4.10. The molecule has 0 saturated heterocycles. The van der Waals surface area contributed by atoms with Crippen molar-refractivity contribution in [3.8, 4) is 10.6 Å². The molecule has 3 nitrogen and oxygen atoms in total. The Morgan fingerprint density at radius 1 is 1.04 bits per heavy atom. The Balaban J connectivity index is 1.50. The first-order chi connectivity index (χ1) is 13.4. The first-order valence-electron chi connectivity index (χ1n) is 9.40. The summed E-state index contributed by atoms with van der Waals surface area (Å²) in [5, 5.41) is 15.8. The minimum atomic E-state index is 0.939. The molecule has 1 aliphatic rings. The Morgan fingerprint density at radius 3 is 2.74 bits per heavy atom. The van der Waals surface area contributed by atoms with E-state index in [9.17, 15) is 0 Å². The van der Waals surface area contributed by atoms with Gasteiger partial charge in [0.15, 0.2) is 0 Å². The van der Waals surface area contributed by atoms with Crippen LogP contribution in [0.4, 0.5) is 5.69 Å². The van der Waals surface area contributed by atoms with Crippen LogP contribution in [0.1, 0.15) is 24.8 Å². The number of hydrogen-bond donors (Lipinski definition) is 2. The largest absolute Gasteiger partial charge is 0.357 e. The van der Waals surface area contributed by atoms with E-state index in [1.165, 1.54) is 51.9 Å². The van der Waals surface area contributed by atoms with Gasteiger partial charge in [-0.3, -0.25) is 5.10 Å². The zero-order chi connectivity index (χ0) is 18.1. The highest BCUT2D eigenvalue weighted by molar-refractivity contribution is 7.14. The first kappa shape index (κ1) is 16.3. The summed E-state index contributed by atoms with van der Waals surface area (Å²) in [6.07, 6.45) is 6.45. The van der Waals surface area contributed by atoms with Gasteiger partial charge in [-0.15, -0.1) is 11.3 Å². The first-order valence-corrected chi connectivity index (χ1v) is 10.3. The maximum Gasteiger partial charge on any atom is 0.0771 e. The quantitative estimate of drug-likeness (QED) is 0.427. The highest BCUT2D eigenvalue weighted by Crippen LogP contribution is 2.37. The van der Waals surface area contributed by atoms with Crippen molar-refractivity contribution in [1.29, 1.82) is 0 Å². The van der Waals surface area contributed by atoms with Gasteiger partial charge in [0, 0.05) is 18.3 Å². The fourth-order valence-electron chi connectivity index (χ4n) is 3.71. The molecule has 0 aliphatic heterocycles. The molecular weight excluding hydrogens is 350 g/mol. The van der Waals surface area contributed by atoms with Crippen LogP contribution in [0.3, 0.4) is 0 Å². The maximum absolute atomic E-state index is 4.10. The summed E-state index contributed by atoms with van der Waals surface area (Å²) in [6, 6.07) is 19.5.